The molecule has 1 saturated heterocycles. The molecule has 2 atom stereocenters. The van der Waals surface area contributed by atoms with Crippen molar-refractivity contribution in [2.75, 3.05) is 32.8 Å². The largest absolute Gasteiger partial charge is 0.396 e. The zero-order valence-corrected chi connectivity index (χ0v) is 7.80. The molecule has 0 aromatic heterocycles. The van der Waals surface area contributed by atoms with Gasteiger partial charge >= 0.3 is 6.18 Å². The van der Waals surface area contributed by atoms with E-state index in [1.165, 1.54) is 0 Å². The average molecular weight is 212 g/mol. The van der Waals surface area contributed by atoms with E-state index in [9.17, 15) is 13.2 Å². The third-order valence-corrected chi connectivity index (χ3v) is 2.62. The summed E-state index contributed by atoms with van der Waals surface area (Å²) in [7, 11) is 0. The quantitative estimate of drug-likeness (QED) is 0.695. The Labute approximate surface area is 80.7 Å². The molecule has 0 aromatic rings. The van der Waals surface area contributed by atoms with Crippen LogP contribution in [0.25, 0.3) is 0 Å². The van der Waals surface area contributed by atoms with E-state index in [1.807, 2.05) is 0 Å². The maximum atomic E-state index is 12.4. The van der Waals surface area contributed by atoms with Crippen LogP contribution in [-0.4, -0.2) is 49.0 Å². The number of alkyl halides is 3. The average Bonchev–Trinajstić information content (AvgIpc) is 2.47. The molecule has 0 aliphatic carbocycles. The van der Waals surface area contributed by atoms with Crippen molar-refractivity contribution in [3.63, 3.8) is 0 Å². The zero-order chi connectivity index (χ0) is 10.8. The lowest BCUT2D eigenvalue weighted by Gasteiger charge is -2.19. The number of hydrogen-bond donors (Lipinski definition) is 2. The standard InChI is InChI=1S/C8H15F3N2O/c9-8(10,11)7-4-13(2-1-12)3-6(7)5-14/h6-7,14H,1-5,12H2/t6-,7-/m1/s1. The SMILES string of the molecule is NCCN1C[C@H](CO)[C@H](C(F)(F)F)C1. The van der Waals surface area contributed by atoms with Crippen LogP contribution in [0.4, 0.5) is 13.2 Å². The number of likely N-dealkylation sites (tertiary alicyclic amines) is 1. The highest BCUT2D eigenvalue weighted by molar-refractivity contribution is 4.87. The molecule has 0 radical (unpaired) electrons. The first-order valence-corrected chi connectivity index (χ1v) is 4.59. The summed E-state index contributed by atoms with van der Waals surface area (Å²) in [6, 6.07) is 0. The number of nitrogens with zero attached hydrogens (tertiary/aromatic N) is 1. The molecule has 1 fully saturated rings. The molecule has 1 rings (SSSR count). The van der Waals surface area contributed by atoms with Gasteiger partial charge in [0.15, 0.2) is 0 Å². The first-order valence-electron chi connectivity index (χ1n) is 4.59. The van der Waals surface area contributed by atoms with Gasteiger partial charge in [-0.05, 0) is 0 Å². The number of rotatable bonds is 3. The highest BCUT2D eigenvalue weighted by Gasteiger charge is 2.48. The Morgan fingerprint density at radius 2 is 2.00 bits per heavy atom. The van der Waals surface area contributed by atoms with Gasteiger partial charge in [0.05, 0.1) is 5.92 Å². The van der Waals surface area contributed by atoms with Crippen LogP contribution < -0.4 is 5.73 Å². The van der Waals surface area contributed by atoms with Crippen molar-refractivity contribution in [2.45, 2.75) is 6.18 Å². The van der Waals surface area contributed by atoms with Gasteiger partial charge in [0.2, 0.25) is 0 Å². The fourth-order valence-corrected chi connectivity index (χ4v) is 1.88. The molecule has 3 N–H and O–H groups in total. The maximum Gasteiger partial charge on any atom is 0.393 e. The summed E-state index contributed by atoms with van der Waals surface area (Å²) in [6.45, 7) is 0.654. The lowest BCUT2D eigenvalue weighted by atomic mass is 9.97. The monoisotopic (exact) mass is 212 g/mol. The van der Waals surface area contributed by atoms with Crippen molar-refractivity contribution in [3.8, 4) is 0 Å². The summed E-state index contributed by atoms with van der Waals surface area (Å²) in [4.78, 5) is 1.65. The molecule has 14 heavy (non-hydrogen) atoms. The van der Waals surface area contributed by atoms with Gasteiger partial charge in [0.25, 0.3) is 0 Å². The highest BCUT2D eigenvalue weighted by atomic mass is 19.4. The fourth-order valence-electron chi connectivity index (χ4n) is 1.88. The minimum Gasteiger partial charge on any atom is -0.396 e. The van der Waals surface area contributed by atoms with Crippen LogP contribution in [0.2, 0.25) is 0 Å². The van der Waals surface area contributed by atoms with Crippen LogP contribution in [0.5, 0.6) is 0 Å². The molecule has 1 heterocycles. The van der Waals surface area contributed by atoms with Gasteiger partial charge in [0.1, 0.15) is 0 Å². The molecule has 0 unspecified atom stereocenters. The Hall–Kier alpha value is -0.330. The van der Waals surface area contributed by atoms with E-state index in [2.05, 4.69) is 0 Å². The summed E-state index contributed by atoms with van der Waals surface area (Å²) in [5.41, 5.74) is 5.26. The van der Waals surface area contributed by atoms with Crippen LogP contribution in [0.3, 0.4) is 0 Å². The van der Waals surface area contributed by atoms with Crippen LogP contribution in [0.15, 0.2) is 0 Å². The number of nitrogens with two attached hydrogens (primary N) is 1. The Morgan fingerprint density at radius 3 is 2.36 bits per heavy atom. The van der Waals surface area contributed by atoms with Gasteiger partial charge in [-0.25, -0.2) is 0 Å². The van der Waals surface area contributed by atoms with Gasteiger partial charge in [-0.2, -0.15) is 13.2 Å². The summed E-state index contributed by atoms with van der Waals surface area (Å²) < 4.78 is 37.3. The second-order valence-corrected chi connectivity index (χ2v) is 3.64. The van der Waals surface area contributed by atoms with Crippen molar-refractivity contribution in [1.29, 1.82) is 0 Å². The van der Waals surface area contributed by atoms with E-state index < -0.39 is 24.6 Å². The van der Waals surface area contributed by atoms with Crippen LogP contribution in [-0.2, 0) is 0 Å². The lowest BCUT2D eigenvalue weighted by molar-refractivity contribution is -0.183. The number of aliphatic hydroxyl groups is 1. The molecular formula is C8H15F3N2O. The zero-order valence-electron chi connectivity index (χ0n) is 7.80. The fraction of sp³-hybridized carbons (Fsp3) is 1.00. The molecular weight excluding hydrogens is 197 g/mol. The molecule has 0 bridgehead atoms. The van der Waals surface area contributed by atoms with Gasteiger partial charge in [0, 0.05) is 38.7 Å². The molecule has 0 amide bonds. The van der Waals surface area contributed by atoms with Crippen molar-refractivity contribution >= 4 is 0 Å². The van der Waals surface area contributed by atoms with Gasteiger partial charge < -0.3 is 15.7 Å². The number of halogens is 3. The van der Waals surface area contributed by atoms with Crippen molar-refractivity contribution < 1.29 is 18.3 Å². The summed E-state index contributed by atoms with van der Waals surface area (Å²) in [5.74, 6) is -2.10. The molecule has 0 saturated carbocycles. The van der Waals surface area contributed by atoms with Gasteiger partial charge in [-0.15, -0.1) is 0 Å². The predicted octanol–water partition coefficient (Wildman–Crippen LogP) is 0.0477. The van der Waals surface area contributed by atoms with E-state index in [-0.39, 0.29) is 13.1 Å². The topological polar surface area (TPSA) is 49.5 Å². The minimum atomic E-state index is -4.21. The maximum absolute atomic E-state index is 12.4. The second kappa shape index (κ2) is 4.46. The van der Waals surface area contributed by atoms with Gasteiger partial charge in [-0.3, -0.25) is 0 Å². The van der Waals surface area contributed by atoms with Crippen LogP contribution in [0.1, 0.15) is 0 Å². The van der Waals surface area contributed by atoms with Gasteiger partial charge in [-0.1, -0.05) is 0 Å². The van der Waals surface area contributed by atoms with Crippen LogP contribution in [0, 0.1) is 11.8 Å². The summed E-state index contributed by atoms with van der Waals surface area (Å²) in [5, 5.41) is 8.83. The number of hydrogen-bond acceptors (Lipinski definition) is 3. The summed E-state index contributed by atoms with van der Waals surface area (Å²) in [6.07, 6.45) is -4.21. The molecule has 0 aromatic carbocycles. The Kier molecular flexibility index (Phi) is 3.74. The third-order valence-electron chi connectivity index (χ3n) is 2.62. The normalized spacial score (nSPS) is 29.8. The predicted molar refractivity (Wildman–Crippen MR) is 45.6 cm³/mol. The molecule has 1 aliphatic heterocycles. The molecule has 1 aliphatic rings. The smallest absolute Gasteiger partial charge is 0.393 e. The van der Waals surface area contributed by atoms with E-state index in [4.69, 9.17) is 10.8 Å². The summed E-state index contributed by atoms with van der Waals surface area (Å²) >= 11 is 0. The Balaban J connectivity index is 2.58. The first-order chi connectivity index (χ1) is 6.49. The van der Waals surface area contributed by atoms with Crippen molar-refractivity contribution in [3.05, 3.63) is 0 Å². The minimum absolute atomic E-state index is 0.0358. The van der Waals surface area contributed by atoms with E-state index >= 15 is 0 Å². The molecule has 84 valence electrons. The number of aliphatic hydroxyl groups excluding tert-OH is 1. The highest BCUT2D eigenvalue weighted by Crippen LogP contribution is 2.36. The molecule has 0 spiro atoms. The van der Waals surface area contributed by atoms with Crippen LogP contribution >= 0.6 is 0 Å². The lowest BCUT2D eigenvalue weighted by Crippen LogP contribution is -2.32. The van der Waals surface area contributed by atoms with E-state index in [1.54, 1.807) is 4.90 Å². The van der Waals surface area contributed by atoms with Crippen molar-refractivity contribution in [1.82, 2.24) is 4.90 Å². The van der Waals surface area contributed by atoms with E-state index in [0.717, 1.165) is 0 Å². The molecule has 6 heteroatoms. The molecule has 3 nitrogen and oxygen atoms in total. The Bertz CT molecular complexity index is 186. The second-order valence-electron chi connectivity index (χ2n) is 3.64. The first kappa shape index (κ1) is 11.7. The van der Waals surface area contributed by atoms with E-state index in [0.29, 0.717) is 13.1 Å². The van der Waals surface area contributed by atoms with Crippen molar-refractivity contribution in [2.24, 2.45) is 17.6 Å². The Morgan fingerprint density at radius 1 is 1.36 bits per heavy atom. The third kappa shape index (κ3) is 2.59.